The molecule has 0 atom stereocenters. The molecular formula is C22H19ClN4S. The first-order chi connectivity index (χ1) is 13.6. The number of anilines is 2. The Hall–Kier alpha value is -2.89. The third-order valence-corrected chi connectivity index (χ3v) is 5.22. The van der Waals surface area contributed by atoms with Crippen molar-refractivity contribution in [2.45, 2.75) is 13.5 Å². The molecule has 4 aromatic rings. The zero-order valence-corrected chi connectivity index (χ0v) is 16.9. The van der Waals surface area contributed by atoms with Crippen molar-refractivity contribution >= 4 is 51.2 Å². The highest BCUT2D eigenvalue weighted by Gasteiger charge is 2.07. The molecule has 6 heteroatoms. The van der Waals surface area contributed by atoms with Crippen LogP contribution in [-0.4, -0.2) is 14.9 Å². The van der Waals surface area contributed by atoms with Gasteiger partial charge in [-0.3, -0.25) is 4.68 Å². The Kier molecular flexibility index (Phi) is 5.28. The van der Waals surface area contributed by atoms with Gasteiger partial charge in [-0.2, -0.15) is 5.10 Å². The van der Waals surface area contributed by atoms with Crippen LogP contribution in [0.5, 0.6) is 0 Å². The molecule has 0 bridgehead atoms. The molecule has 4 nitrogen and oxygen atoms in total. The summed E-state index contributed by atoms with van der Waals surface area (Å²) in [6, 6.07) is 22.3. The molecule has 3 aromatic carbocycles. The second-order valence-corrected chi connectivity index (χ2v) is 7.34. The van der Waals surface area contributed by atoms with Crippen LogP contribution in [0.4, 0.5) is 11.5 Å². The van der Waals surface area contributed by atoms with Gasteiger partial charge in [0.25, 0.3) is 0 Å². The van der Waals surface area contributed by atoms with Crippen LogP contribution in [0.15, 0.2) is 72.9 Å². The molecule has 28 heavy (non-hydrogen) atoms. The maximum Gasteiger partial charge on any atom is 0.176 e. The minimum Gasteiger partial charge on any atom is -0.332 e. The topological polar surface area (TPSA) is 41.9 Å². The lowest BCUT2D eigenvalue weighted by Crippen LogP contribution is -2.20. The lowest BCUT2D eigenvalue weighted by Gasteiger charge is -2.12. The summed E-state index contributed by atoms with van der Waals surface area (Å²) in [7, 11) is 0. The summed E-state index contributed by atoms with van der Waals surface area (Å²) in [5.74, 6) is 0.692. The maximum atomic E-state index is 6.16. The predicted molar refractivity (Wildman–Crippen MR) is 121 cm³/mol. The van der Waals surface area contributed by atoms with E-state index in [9.17, 15) is 0 Å². The lowest BCUT2D eigenvalue weighted by atomic mass is 10.0. The molecule has 4 rings (SSSR count). The van der Waals surface area contributed by atoms with E-state index in [1.807, 2.05) is 42.1 Å². The molecule has 1 aromatic heterocycles. The van der Waals surface area contributed by atoms with Crippen molar-refractivity contribution < 1.29 is 0 Å². The van der Waals surface area contributed by atoms with Crippen molar-refractivity contribution in [3.63, 3.8) is 0 Å². The number of hydrogen-bond acceptors (Lipinski definition) is 2. The van der Waals surface area contributed by atoms with Crippen molar-refractivity contribution in [2.75, 3.05) is 10.6 Å². The van der Waals surface area contributed by atoms with Crippen molar-refractivity contribution in [2.24, 2.45) is 0 Å². The average Bonchev–Trinajstić information content (AvgIpc) is 3.12. The van der Waals surface area contributed by atoms with Gasteiger partial charge in [-0.1, -0.05) is 60.1 Å². The first kappa shape index (κ1) is 18.5. The van der Waals surface area contributed by atoms with Gasteiger partial charge in [0.15, 0.2) is 10.9 Å². The van der Waals surface area contributed by atoms with Crippen molar-refractivity contribution in [1.82, 2.24) is 9.78 Å². The van der Waals surface area contributed by atoms with Crippen molar-refractivity contribution in [3.05, 3.63) is 89.1 Å². The van der Waals surface area contributed by atoms with E-state index >= 15 is 0 Å². The van der Waals surface area contributed by atoms with Gasteiger partial charge in [-0.05, 0) is 53.2 Å². The number of halogens is 1. The summed E-state index contributed by atoms with van der Waals surface area (Å²) in [4.78, 5) is 0. The standard InChI is InChI=1S/C22H19ClN4S/c1-15-19(23)10-5-11-20(15)24-22(28)25-21-12-13-27(26-21)14-17-8-4-7-16-6-2-3-9-18(16)17/h2-13H,14H2,1H3,(H2,24,25,26,28). The summed E-state index contributed by atoms with van der Waals surface area (Å²) >= 11 is 11.6. The Bertz CT molecular complexity index is 1150. The van der Waals surface area contributed by atoms with Gasteiger partial charge < -0.3 is 10.6 Å². The number of thiocarbonyl (C=S) groups is 1. The highest BCUT2D eigenvalue weighted by Crippen LogP contribution is 2.23. The molecule has 140 valence electrons. The summed E-state index contributed by atoms with van der Waals surface area (Å²) in [6.07, 6.45) is 1.94. The van der Waals surface area contributed by atoms with Crippen LogP contribution in [0, 0.1) is 6.92 Å². The first-order valence-corrected chi connectivity index (χ1v) is 9.72. The van der Waals surface area contributed by atoms with Crippen molar-refractivity contribution in [1.29, 1.82) is 0 Å². The number of hydrogen-bond donors (Lipinski definition) is 2. The maximum absolute atomic E-state index is 6.16. The molecule has 0 unspecified atom stereocenters. The van der Waals surface area contributed by atoms with E-state index in [0.29, 0.717) is 22.5 Å². The molecule has 0 radical (unpaired) electrons. The summed E-state index contributed by atoms with van der Waals surface area (Å²) < 4.78 is 1.90. The third-order valence-electron chi connectivity index (χ3n) is 4.61. The molecule has 0 aliphatic carbocycles. The molecule has 0 aliphatic rings. The van der Waals surface area contributed by atoms with Crippen LogP contribution in [0.3, 0.4) is 0 Å². The van der Waals surface area contributed by atoms with Gasteiger partial charge in [0.2, 0.25) is 0 Å². The number of nitrogens with one attached hydrogen (secondary N) is 2. The van der Waals surface area contributed by atoms with E-state index in [2.05, 4.69) is 58.2 Å². The normalized spacial score (nSPS) is 10.8. The van der Waals surface area contributed by atoms with Crippen LogP contribution in [-0.2, 0) is 6.54 Å². The van der Waals surface area contributed by atoms with Gasteiger partial charge in [-0.15, -0.1) is 0 Å². The van der Waals surface area contributed by atoms with Gasteiger partial charge >= 0.3 is 0 Å². The fraction of sp³-hybridized carbons (Fsp3) is 0.0909. The van der Waals surface area contributed by atoms with E-state index in [1.165, 1.54) is 16.3 Å². The monoisotopic (exact) mass is 406 g/mol. The van der Waals surface area contributed by atoms with E-state index in [-0.39, 0.29) is 0 Å². The fourth-order valence-corrected chi connectivity index (χ4v) is 3.52. The van der Waals surface area contributed by atoms with Crippen LogP contribution in [0.1, 0.15) is 11.1 Å². The number of rotatable bonds is 4. The van der Waals surface area contributed by atoms with Gasteiger partial charge in [0.05, 0.1) is 6.54 Å². The van der Waals surface area contributed by atoms with Crippen molar-refractivity contribution in [3.8, 4) is 0 Å². The number of fused-ring (bicyclic) bond motifs is 1. The zero-order valence-electron chi connectivity index (χ0n) is 15.3. The van der Waals surface area contributed by atoms with E-state index in [4.69, 9.17) is 23.8 Å². The minimum atomic E-state index is 0.473. The second-order valence-electron chi connectivity index (χ2n) is 6.53. The van der Waals surface area contributed by atoms with Gasteiger partial charge in [0, 0.05) is 23.0 Å². The molecule has 0 aliphatic heterocycles. The minimum absolute atomic E-state index is 0.473. The average molecular weight is 407 g/mol. The fourth-order valence-electron chi connectivity index (χ4n) is 3.13. The molecule has 2 N–H and O–H groups in total. The molecule has 0 spiro atoms. The predicted octanol–water partition coefficient (Wildman–Crippen LogP) is 5.86. The Morgan fingerprint density at radius 2 is 1.79 bits per heavy atom. The Morgan fingerprint density at radius 1 is 1.00 bits per heavy atom. The SMILES string of the molecule is Cc1c(Cl)cccc1NC(=S)Nc1ccn(Cc2cccc3ccccc23)n1. The highest BCUT2D eigenvalue weighted by atomic mass is 35.5. The second kappa shape index (κ2) is 8.00. The van der Waals surface area contributed by atoms with Crippen LogP contribution >= 0.6 is 23.8 Å². The van der Waals surface area contributed by atoms with Crippen LogP contribution < -0.4 is 10.6 Å². The molecule has 0 saturated heterocycles. The number of aromatic nitrogens is 2. The lowest BCUT2D eigenvalue weighted by molar-refractivity contribution is 0.693. The molecule has 0 amide bonds. The summed E-state index contributed by atoms with van der Waals surface area (Å²) in [6.45, 7) is 2.64. The first-order valence-electron chi connectivity index (χ1n) is 8.93. The summed E-state index contributed by atoms with van der Waals surface area (Å²) in [5, 5.41) is 14.5. The Balaban J connectivity index is 1.45. The highest BCUT2D eigenvalue weighted by molar-refractivity contribution is 7.80. The van der Waals surface area contributed by atoms with Gasteiger partial charge in [-0.25, -0.2) is 0 Å². The number of benzene rings is 3. The summed E-state index contributed by atoms with van der Waals surface area (Å²) in [5.41, 5.74) is 3.05. The van der Waals surface area contributed by atoms with E-state index < -0.39 is 0 Å². The molecular weight excluding hydrogens is 388 g/mol. The number of nitrogens with zero attached hydrogens (tertiary/aromatic N) is 2. The third kappa shape index (κ3) is 4.01. The van der Waals surface area contributed by atoms with E-state index in [1.54, 1.807) is 0 Å². The molecule has 1 heterocycles. The quantitative estimate of drug-likeness (QED) is 0.417. The Labute approximate surface area is 174 Å². The van der Waals surface area contributed by atoms with E-state index in [0.717, 1.165) is 11.3 Å². The van der Waals surface area contributed by atoms with Gasteiger partial charge in [0.1, 0.15) is 0 Å². The molecule has 0 saturated carbocycles. The zero-order chi connectivity index (χ0) is 19.5. The Morgan fingerprint density at radius 3 is 2.68 bits per heavy atom. The van der Waals surface area contributed by atoms with Crippen LogP contribution in [0.2, 0.25) is 5.02 Å². The molecule has 0 fully saturated rings. The van der Waals surface area contributed by atoms with Crippen LogP contribution in [0.25, 0.3) is 10.8 Å². The largest absolute Gasteiger partial charge is 0.332 e. The smallest absolute Gasteiger partial charge is 0.176 e.